The predicted molar refractivity (Wildman–Crippen MR) is 92.6 cm³/mol. The molecule has 1 aliphatic carbocycles. The van der Waals surface area contributed by atoms with Crippen molar-refractivity contribution in [3.05, 3.63) is 53.6 Å². The highest BCUT2D eigenvalue weighted by molar-refractivity contribution is 5.99. The molecule has 4 rings (SSSR count). The van der Waals surface area contributed by atoms with Gasteiger partial charge in [-0.3, -0.25) is 4.79 Å². The fourth-order valence-corrected chi connectivity index (χ4v) is 3.79. The van der Waals surface area contributed by atoms with E-state index in [4.69, 9.17) is 9.47 Å². The number of carbonyl (C=O) groups is 1. The zero-order chi connectivity index (χ0) is 18.1. The number of hydrogen-bond donors (Lipinski definition) is 1. The number of carbonyl (C=O) groups excluding carboxylic acids is 1. The van der Waals surface area contributed by atoms with Crippen LogP contribution in [0.3, 0.4) is 0 Å². The first kappa shape index (κ1) is 16.8. The van der Waals surface area contributed by atoms with E-state index in [0.29, 0.717) is 37.6 Å². The van der Waals surface area contributed by atoms with Gasteiger partial charge in [-0.1, -0.05) is 18.9 Å². The van der Waals surface area contributed by atoms with Crippen LogP contribution < -0.4 is 14.8 Å². The summed E-state index contributed by atoms with van der Waals surface area (Å²) in [5, 5.41) is 2.75. The van der Waals surface area contributed by atoms with Gasteiger partial charge in [0, 0.05) is 11.8 Å². The third kappa shape index (κ3) is 2.89. The number of amides is 1. The van der Waals surface area contributed by atoms with E-state index in [2.05, 4.69) is 5.32 Å². The quantitative estimate of drug-likeness (QED) is 0.894. The van der Waals surface area contributed by atoms with Crippen LogP contribution in [0, 0.1) is 11.6 Å². The Balaban J connectivity index is 1.65. The minimum atomic E-state index is -0.984. The highest BCUT2D eigenvalue weighted by Crippen LogP contribution is 2.45. The van der Waals surface area contributed by atoms with Gasteiger partial charge in [0.1, 0.15) is 13.2 Å². The lowest BCUT2D eigenvalue weighted by molar-refractivity contribution is -0.121. The van der Waals surface area contributed by atoms with Crippen molar-refractivity contribution < 1.29 is 23.0 Å². The fraction of sp³-hybridized carbons (Fsp3) is 0.350. The maximum absolute atomic E-state index is 13.5. The summed E-state index contributed by atoms with van der Waals surface area (Å²) in [6.07, 6.45) is 3.25. The standard InChI is InChI=1S/C20H19F2NO3/c21-15-5-4-14(12-16(15)22)23-19(24)20(7-1-2-8-20)13-3-6-17-18(11-13)26-10-9-25-17/h3-6,11-12H,1-2,7-10H2,(H,23,24). The summed E-state index contributed by atoms with van der Waals surface area (Å²) in [6, 6.07) is 8.96. The zero-order valence-corrected chi connectivity index (χ0v) is 14.2. The second-order valence-electron chi connectivity index (χ2n) is 6.73. The first-order valence-corrected chi connectivity index (χ1v) is 8.75. The molecule has 2 aliphatic rings. The smallest absolute Gasteiger partial charge is 0.235 e. The molecule has 26 heavy (non-hydrogen) atoms. The zero-order valence-electron chi connectivity index (χ0n) is 14.2. The van der Waals surface area contributed by atoms with Gasteiger partial charge in [0.25, 0.3) is 0 Å². The van der Waals surface area contributed by atoms with E-state index in [9.17, 15) is 13.6 Å². The van der Waals surface area contributed by atoms with Gasteiger partial charge in [-0.05, 0) is 42.7 Å². The molecule has 0 spiro atoms. The van der Waals surface area contributed by atoms with Crippen molar-refractivity contribution >= 4 is 11.6 Å². The molecule has 4 nitrogen and oxygen atoms in total. The largest absolute Gasteiger partial charge is 0.486 e. The first-order chi connectivity index (χ1) is 12.6. The molecule has 6 heteroatoms. The summed E-state index contributed by atoms with van der Waals surface area (Å²) in [5.41, 5.74) is 0.401. The summed E-state index contributed by atoms with van der Waals surface area (Å²) >= 11 is 0. The maximum atomic E-state index is 13.5. The van der Waals surface area contributed by atoms with E-state index < -0.39 is 17.0 Å². The van der Waals surface area contributed by atoms with Crippen molar-refractivity contribution in [1.82, 2.24) is 0 Å². The molecule has 1 fully saturated rings. The Hall–Kier alpha value is -2.63. The van der Waals surface area contributed by atoms with E-state index in [1.807, 2.05) is 18.2 Å². The van der Waals surface area contributed by atoms with Crippen LogP contribution in [0.2, 0.25) is 0 Å². The van der Waals surface area contributed by atoms with E-state index in [-0.39, 0.29) is 11.6 Å². The SMILES string of the molecule is O=C(Nc1ccc(F)c(F)c1)C1(c2ccc3c(c2)OCCO3)CCCC1. The second kappa shape index (κ2) is 6.59. The van der Waals surface area contributed by atoms with Crippen molar-refractivity contribution in [2.24, 2.45) is 0 Å². The molecule has 0 aromatic heterocycles. The van der Waals surface area contributed by atoms with Crippen LogP contribution in [0.1, 0.15) is 31.2 Å². The molecular formula is C20H19F2NO3. The van der Waals surface area contributed by atoms with Crippen LogP contribution in [0.25, 0.3) is 0 Å². The first-order valence-electron chi connectivity index (χ1n) is 8.75. The van der Waals surface area contributed by atoms with Crippen molar-refractivity contribution in [2.45, 2.75) is 31.1 Å². The predicted octanol–water partition coefficient (Wildman–Crippen LogP) is 4.19. The van der Waals surface area contributed by atoms with Crippen LogP contribution >= 0.6 is 0 Å². The van der Waals surface area contributed by atoms with E-state index >= 15 is 0 Å². The number of nitrogens with one attached hydrogen (secondary N) is 1. The topological polar surface area (TPSA) is 47.6 Å². The van der Waals surface area contributed by atoms with Crippen LogP contribution in [-0.4, -0.2) is 19.1 Å². The minimum Gasteiger partial charge on any atom is -0.486 e. The molecule has 2 aromatic carbocycles. The van der Waals surface area contributed by atoms with E-state index in [1.165, 1.54) is 6.07 Å². The molecule has 1 amide bonds. The monoisotopic (exact) mass is 359 g/mol. The molecule has 1 saturated carbocycles. The van der Waals surface area contributed by atoms with Crippen LogP contribution in [0.4, 0.5) is 14.5 Å². The van der Waals surface area contributed by atoms with Gasteiger partial charge < -0.3 is 14.8 Å². The number of anilines is 1. The molecule has 0 atom stereocenters. The molecule has 1 N–H and O–H groups in total. The average molecular weight is 359 g/mol. The molecular weight excluding hydrogens is 340 g/mol. The van der Waals surface area contributed by atoms with E-state index in [1.54, 1.807) is 0 Å². The van der Waals surface area contributed by atoms with Crippen LogP contribution in [0.5, 0.6) is 11.5 Å². The Morgan fingerprint density at radius 1 is 0.923 bits per heavy atom. The van der Waals surface area contributed by atoms with Gasteiger partial charge in [-0.15, -0.1) is 0 Å². The summed E-state index contributed by atoms with van der Waals surface area (Å²) in [4.78, 5) is 13.1. The Kier molecular flexibility index (Phi) is 4.26. The summed E-state index contributed by atoms with van der Waals surface area (Å²) < 4.78 is 37.8. The molecule has 1 aliphatic heterocycles. The summed E-state index contributed by atoms with van der Waals surface area (Å²) in [5.74, 6) is -0.819. The van der Waals surface area contributed by atoms with Gasteiger partial charge in [0.15, 0.2) is 23.1 Å². The maximum Gasteiger partial charge on any atom is 0.235 e. The lowest BCUT2D eigenvalue weighted by Crippen LogP contribution is -2.38. The Bertz CT molecular complexity index is 847. The fourth-order valence-electron chi connectivity index (χ4n) is 3.79. The van der Waals surface area contributed by atoms with Crippen molar-refractivity contribution in [2.75, 3.05) is 18.5 Å². The number of ether oxygens (including phenoxy) is 2. The number of benzene rings is 2. The molecule has 0 unspecified atom stereocenters. The highest BCUT2D eigenvalue weighted by Gasteiger charge is 2.43. The van der Waals surface area contributed by atoms with Crippen molar-refractivity contribution in [3.8, 4) is 11.5 Å². The summed E-state index contributed by atoms with van der Waals surface area (Å²) in [6.45, 7) is 0.985. The number of fused-ring (bicyclic) bond motifs is 1. The number of halogens is 2. The normalized spacial score (nSPS) is 17.8. The van der Waals surface area contributed by atoms with Crippen molar-refractivity contribution in [3.63, 3.8) is 0 Å². The number of hydrogen-bond acceptors (Lipinski definition) is 3. The van der Waals surface area contributed by atoms with E-state index in [0.717, 1.165) is 30.5 Å². The van der Waals surface area contributed by atoms with Crippen LogP contribution in [0.15, 0.2) is 36.4 Å². The number of rotatable bonds is 3. The highest BCUT2D eigenvalue weighted by atomic mass is 19.2. The summed E-state index contributed by atoms with van der Waals surface area (Å²) in [7, 11) is 0. The Morgan fingerprint density at radius 3 is 2.38 bits per heavy atom. The lowest BCUT2D eigenvalue weighted by atomic mass is 9.77. The van der Waals surface area contributed by atoms with Gasteiger partial charge >= 0.3 is 0 Å². The molecule has 0 bridgehead atoms. The average Bonchev–Trinajstić information content (AvgIpc) is 3.15. The Labute approximate surface area is 150 Å². The van der Waals surface area contributed by atoms with Crippen molar-refractivity contribution in [1.29, 1.82) is 0 Å². The van der Waals surface area contributed by atoms with Gasteiger partial charge in [-0.2, -0.15) is 0 Å². The minimum absolute atomic E-state index is 0.210. The molecule has 136 valence electrons. The van der Waals surface area contributed by atoms with Gasteiger partial charge in [-0.25, -0.2) is 8.78 Å². The third-order valence-electron chi connectivity index (χ3n) is 5.16. The molecule has 0 saturated heterocycles. The lowest BCUT2D eigenvalue weighted by Gasteiger charge is -2.30. The molecule has 0 radical (unpaired) electrons. The molecule has 1 heterocycles. The molecule has 2 aromatic rings. The van der Waals surface area contributed by atoms with Crippen LogP contribution in [-0.2, 0) is 10.2 Å². The van der Waals surface area contributed by atoms with Gasteiger partial charge in [0.05, 0.1) is 5.41 Å². The second-order valence-corrected chi connectivity index (χ2v) is 6.73. The Morgan fingerprint density at radius 2 is 1.65 bits per heavy atom. The third-order valence-corrected chi connectivity index (χ3v) is 5.16. The van der Waals surface area contributed by atoms with Gasteiger partial charge in [0.2, 0.25) is 5.91 Å².